The average molecular weight is 444 g/mol. The average Bonchev–Trinajstić information content (AvgIpc) is 3.37. The van der Waals surface area contributed by atoms with Crippen molar-refractivity contribution < 1.29 is 22.7 Å². The first-order valence-electron chi connectivity index (χ1n) is 9.21. The van der Waals surface area contributed by atoms with Crippen LogP contribution >= 0.6 is 11.6 Å². The Bertz CT molecular complexity index is 1220. The minimum atomic E-state index is -0.818. The molecule has 0 fully saturated rings. The Morgan fingerprint density at radius 2 is 2.03 bits per heavy atom. The van der Waals surface area contributed by atoms with E-state index in [0.717, 1.165) is 17.7 Å². The zero-order valence-electron chi connectivity index (χ0n) is 16.0. The van der Waals surface area contributed by atoms with Gasteiger partial charge >= 0.3 is 0 Å². The van der Waals surface area contributed by atoms with Crippen molar-refractivity contribution in [1.29, 1.82) is 0 Å². The van der Waals surface area contributed by atoms with Crippen LogP contribution in [-0.4, -0.2) is 15.7 Å². The third-order valence-electron chi connectivity index (χ3n) is 4.28. The molecule has 0 radical (unpaired) electrons. The molecule has 4 aromatic rings. The number of anilines is 1. The molecule has 2 aromatic carbocycles. The van der Waals surface area contributed by atoms with E-state index >= 15 is 0 Å². The van der Waals surface area contributed by atoms with E-state index in [9.17, 15) is 13.6 Å². The number of hydrogen-bond donors (Lipinski definition) is 1. The lowest BCUT2D eigenvalue weighted by Crippen LogP contribution is -2.11. The maximum absolute atomic E-state index is 13.6. The van der Waals surface area contributed by atoms with Gasteiger partial charge in [0.2, 0.25) is 0 Å². The summed E-state index contributed by atoms with van der Waals surface area (Å²) in [5, 5.41) is 7.44. The second-order valence-electron chi connectivity index (χ2n) is 6.64. The zero-order chi connectivity index (χ0) is 21.8. The number of rotatable bonds is 7. The van der Waals surface area contributed by atoms with Gasteiger partial charge in [-0.3, -0.25) is 9.48 Å². The van der Waals surface area contributed by atoms with Gasteiger partial charge in [-0.1, -0.05) is 23.7 Å². The summed E-state index contributed by atoms with van der Waals surface area (Å²) in [6, 6.07) is 13.3. The largest absolute Gasteiger partial charge is 0.483 e. The van der Waals surface area contributed by atoms with Gasteiger partial charge in [-0.05, 0) is 42.0 Å². The number of furan rings is 1. The predicted molar refractivity (Wildman–Crippen MR) is 110 cm³/mol. The summed E-state index contributed by atoms with van der Waals surface area (Å²) in [5.74, 6) is -1.68. The Labute approximate surface area is 181 Å². The van der Waals surface area contributed by atoms with Crippen molar-refractivity contribution >= 4 is 23.2 Å². The smallest absolute Gasteiger partial charge is 0.291 e. The number of aromatic nitrogens is 2. The van der Waals surface area contributed by atoms with Gasteiger partial charge in [-0.15, -0.1) is 0 Å². The number of carbonyl (C=O) groups is 1. The molecule has 0 saturated heterocycles. The second-order valence-corrected chi connectivity index (χ2v) is 7.08. The molecule has 0 saturated carbocycles. The molecule has 31 heavy (non-hydrogen) atoms. The Morgan fingerprint density at radius 1 is 1.16 bits per heavy atom. The van der Waals surface area contributed by atoms with Gasteiger partial charge in [0.25, 0.3) is 5.91 Å². The minimum Gasteiger partial charge on any atom is -0.483 e. The minimum absolute atomic E-state index is 0.0717. The molecule has 0 aliphatic heterocycles. The Morgan fingerprint density at radius 3 is 2.81 bits per heavy atom. The molecule has 0 atom stereocenters. The molecule has 9 heteroatoms. The topological polar surface area (TPSA) is 69.3 Å². The van der Waals surface area contributed by atoms with Crippen LogP contribution in [0.1, 0.15) is 21.9 Å². The van der Waals surface area contributed by atoms with Crippen molar-refractivity contribution in [2.75, 3.05) is 5.32 Å². The van der Waals surface area contributed by atoms with Crippen molar-refractivity contribution in [3.8, 4) is 5.75 Å². The summed E-state index contributed by atoms with van der Waals surface area (Å²) in [6.07, 6.45) is 3.26. The lowest BCUT2D eigenvalue weighted by atomic mass is 10.2. The molecule has 158 valence electrons. The predicted octanol–water partition coefficient (Wildman–Crippen LogP) is 5.29. The second kappa shape index (κ2) is 9.01. The fourth-order valence-electron chi connectivity index (χ4n) is 2.87. The van der Waals surface area contributed by atoms with Crippen molar-refractivity contribution in [1.82, 2.24) is 9.78 Å². The number of hydrogen-bond acceptors (Lipinski definition) is 4. The summed E-state index contributed by atoms with van der Waals surface area (Å²) in [4.78, 5) is 12.5. The van der Waals surface area contributed by atoms with Crippen LogP contribution in [0.25, 0.3) is 0 Å². The first kappa shape index (κ1) is 20.6. The van der Waals surface area contributed by atoms with E-state index in [1.807, 2.05) is 18.2 Å². The van der Waals surface area contributed by atoms with E-state index in [1.54, 1.807) is 29.2 Å². The van der Waals surface area contributed by atoms with Crippen molar-refractivity contribution in [2.24, 2.45) is 0 Å². The molecule has 0 unspecified atom stereocenters. The molecule has 0 aliphatic rings. The Balaban J connectivity index is 1.37. The summed E-state index contributed by atoms with van der Waals surface area (Å²) >= 11 is 5.87. The molecule has 0 spiro atoms. The normalized spacial score (nSPS) is 10.8. The maximum Gasteiger partial charge on any atom is 0.291 e. The fourth-order valence-corrected chi connectivity index (χ4v) is 3.03. The molecule has 4 rings (SSSR count). The number of amides is 1. The van der Waals surface area contributed by atoms with Gasteiger partial charge in [0.15, 0.2) is 17.3 Å². The molecule has 6 nitrogen and oxygen atoms in total. The van der Waals surface area contributed by atoms with E-state index in [2.05, 4.69) is 10.4 Å². The summed E-state index contributed by atoms with van der Waals surface area (Å²) in [6.45, 7) is 0.385. The van der Waals surface area contributed by atoms with Gasteiger partial charge in [-0.2, -0.15) is 5.10 Å². The highest BCUT2D eigenvalue weighted by Crippen LogP contribution is 2.20. The number of halogens is 3. The van der Waals surface area contributed by atoms with Crippen LogP contribution in [0, 0.1) is 11.6 Å². The molecule has 0 aliphatic carbocycles. The van der Waals surface area contributed by atoms with Crippen LogP contribution in [0.3, 0.4) is 0 Å². The van der Waals surface area contributed by atoms with Gasteiger partial charge in [0, 0.05) is 18.0 Å². The van der Waals surface area contributed by atoms with E-state index in [0.29, 0.717) is 23.0 Å². The van der Waals surface area contributed by atoms with E-state index in [1.165, 1.54) is 12.1 Å². The molecule has 0 bridgehead atoms. The highest BCUT2D eigenvalue weighted by Gasteiger charge is 2.13. The number of carbonyl (C=O) groups excluding carboxylic acids is 1. The van der Waals surface area contributed by atoms with E-state index in [-0.39, 0.29) is 18.1 Å². The molecule has 2 heterocycles. The SMILES string of the molecule is O=C(Nc1cccc(Cn2cc(Cl)cn2)c1)c1ccc(COc2ccc(F)cc2F)o1. The van der Waals surface area contributed by atoms with Crippen LogP contribution in [-0.2, 0) is 13.2 Å². The monoisotopic (exact) mass is 443 g/mol. The van der Waals surface area contributed by atoms with Gasteiger partial charge in [-0.25, -0.2) is 8.78 Å². The first-order valence-corrected chi connectivity index (χ1v) is 9.59. The summed E-state index contributed by atoms with van der Waals surface area (Å²) < 4.78 is 39.0. The van der Waals surface area contributed by atoms with Gasteiger partial charge in [0.05, 0.1) is 17.8 Å². The third-order valence-corrected chi connectivity index (χ3v) is 4.48. The lowest BCUT2D eigenvalue weighted by molar-refractivity contribution is 0.0992. The molecular weight excluding hydrogens is 428 g/mol. The molecule has 1 N–H and O–H groups in total. The third kappa shape index (κ3) is 5.29. The van der Waals surface area contributed by atoms with Gasteiger partial charge < -0.3 is 14.5 Å². The molecule has 2 aromatic heterocycles. The van der Waals surface area contributed by atoms with E-state index < -0.39 is 17.5 Å². The van der Waals surface area contributed by atoms with Crippen molar-refractivity contribution in [3.63, 3.8) is 0 Å². The summed E-state index contributed by atoms with van der Waals surface area (Å²) in [5.41, 5.74) is 1.51. The van der Waals surface area contributed by atoms with Crippen LogP contribution in [0.4, 0.5) is 14.5 Å². The van der Waals surface area contributed by atoms with E-state index in [4.69, 9.17) is 20.8 Å². The van der Waals surface area contributed by atoms with Crippen LogP contribution < -0.4 is 10.1 Å². The van der Waals surface area contributed by atoms with Crippen LogP contribution in [0.2, 0.25) is 5.02 Å². The standard InChI is InChI=1S/C22H16ClF2N3O3/c23-15-10-26-28(12-15)11-14-2-1-3-17(8-14)27-22(29)21-7-5-18(31-21)13-30-20-6-4-16(24)9-19(20)25/h1-10,12H,11,13H2,(H,27,29). The van der Waals surface area contributed by atoms with Crippen LogP contribution in [0.5, 0.6) is 5.75 Å². The number of nitrogens with zero attached hydrogens (tertiary/aromatic N) is 2. The van der Waals surface area contributed by atoms with Crippen LogP contribution in [0.15, 0.2) is 71.4 Å². The Kier molecular flexibility index (Phi) is 5.99. The Hall–Kier alpha value is -3.65. The maximum atomic E-state index is 13.6. The first-order chi connectivity index (χ1) is 15.0. The highest BCUT2D eigenvalue weighted by molar-refractivity contribution is 6.30. The summed E-state index contributed by atoms with van der Waals surface area (Å²) in [7, 11) is 0. The quantitative estimate of drug-likeness (QED) is 0.421. The molecule has 1 amide bonds. The number of ether oxygens (including phenoxy) is 1. The van der Waals surface area contributed by atoms with Crippen molar-refractivity contribution in [2.45, 2.75) is 13.2 Å². The lowest BCUT2D eigenvalue weighted by Gasteiger charge is -2.07. The highest BCUT2D eigenvalue weighted by atomic mass is 35.5. The number of benzene rings is 2. The fraction of sp³-hybridized carbons (Fsp3) is 0.0909. The zero-order valence-corrected chi connectivity index (χ0v) is 16.8. The van der Waals surface area contributed by atoms with Crippen molar-refractivity contribution in [3.05, 3.63) is 101 Å². The number of nitrogens with one attached hydrogen (secondary N) is 1. The molecular formula is C22H16ClF2N3O3. The van der Waals surface area contributed by atoms with Gasteiger partial charge in [0.1, 0.15) is 18.2 Å².